The summed E-state index contributed by atoms with van der Waals surface area (Å²) in [5, 5.41) is 6.65. The summed E-state index contributed by atoms with van der Waals surface area (Å²) in [6.07, 6.45) is 0. The molecule has 0 aliphatic rings. The fourth-order valence-electron chi connectivity index (χ4n) is 1.46. The number of fused-ring (bicyclic) bond motifs is 1. The second kappa shape index (κ2) is 4.40. The van der Waals surface area contributed by atoms with Crippen LogP contribution < -0.4 is 16.7 Å². The molecule has 0 atom stereocenters. The van der Waals surface area contributed by atoms with Crippen LogP contribution in [0, 0.1) is 0 Å². The zero-order valence-corrected chi connectivity index (χ0v) is 10.7. The van der Waals surface area contributed by atoms with Crippen LogP contribution >= 0.6 is 22.9 Å². The summed E-state index contributed by atoms with van der Waals surface area (Å²) in [7, 11) is 0. The molecule has 0 fully saturated rings. The van der Waals surface area contributed by atoms with Crippen molar-refractivity contribution in [2.45, 2.75) is 0 Å². The summed E-state index contributed by atoms with van der Waals surface area (Å²) in [5.41, 5.74) is 1.39. The number of rotatable bonds is 2. The van der Waals surface area contributed by atoms with E-state index in [1.54, 1.807) is 11.4 Å². The maximum Gasteiger partial charge on any atom is 0.348 e. The van der Waals surface area contributed by atoms with Crippen LogP contribution in [0.1, 0.15) is 10.5 Å². The topological polar surface area (TPSA) is 110 Å². The Morgan fingerprint density at radius 3 is 3.00 bits per heavy atom. The number of nitrogens with one attached hydrogen (secondary N) is 2. The van der Waals surface area contributed by atoms with Crippen molar-refractivity contribution >= 4 is 39.0 Å². The second-order valence-electron chi connectivity index (χ2n) is 3.47. The minimum Gasteiger partial charge on any atom is -0.304 e. The van der Waals surface area contributed by atoms with Crippen molar-refractivity contribution in [3.8, 4) is 0 Å². The number of thiophene rings is 1. The molecule has 96 valence electrons. The largest absolute Gasteiger partial charge is 0.348 e. The second-order valence-corrected chi connectivity index (χ2v) is 4.99. The number of carbonyl (C=O) groups is 1. The van der Waals surface area contributed by atoms with Gasteiger partial charge in [0, 0.05) is 5.38 Å². The highest BCUT2D eigenvalue weighted by Gasteiger charge is 2.14. The summed E-state index contributed by atoms with van der Waals surface area (Å²) in [6, 6.07) is 1.62. The molecule has 0 aliphatic carbocycles. The Kier molecular flexibility index (Phi) is 2.72. The number of hydrogen-bond donors (Lipinski definition) is 2. The Hall–Kier alpha value is -2.33. The van der Waals surface area contributed by atoms with Crippen molar-refractivity contribution < 1.29 is 4.79 Å². The Morgan fingerprint density at radius 2 is 2.26 bits per heavy atom. The summed E-state index contributed by atoms with van der Waals surface area (Å²) in [6.45, 7) is 0. The van der Waals surface area contributed by atoms with E-state index in [9.17, 15) is 14.4 Å². The van der Waals surface area contributed by atoms with Crippen LogP contribution in [0.15, 0.2) is 26.4 Å². The Bertz CT molecular complexity index is 860. The summed E-state index contributed by atoms with van der Waals surface area (Å²) >= 11 is 2.18. The predicted octanol–water partition coefficient (Wildman–Crippen LogP) is -0.0133. The van der Waals surface area contributed by atoms with E-state index in [-0.39, 0.29) is 5.69 Å². The van der Waals surface area contributed by atoms with E-state index in [4.69, 9.17) is 0 Å². The normalized spacial score (nSPS) is 10.7. The Labute approximate surface area is 112 Å². The highest BCUT2D eigenvalue weighted by Crippen LogP contribution is 2.11. The molecule has 1 amide bonds. The van der Waals surface area contributed by atoms with E-state index in [0.29, 0.717) is 14.9 Å². The third-order valence-corrected chi connectivity index (χ3v) is 3.72. The van der Waals surface area contributed by atoms with Crippen LogP contribution in [0.2, 0.25) is 0 Å². The average Bonchev–Trinajstić information content (AvgIpc) is 3.04. The van der Waals surface area contributed by atoms with Crippen molar-refractivity contribution in [2.24, 2.45) is 0 Å². The molecule has 3 heterocycles. The first-order valence-electron chi connectivity index (χ1n) is 4.98. The number of hydrogen-bond acceptors (Lipinski definition) is 7. The fourth-order valence-corrected chi connectivity index (χ4v) is 2.68. The summed E-state index contributed by atoms with van der Waals surface area (Å²) < 4.78 is 4.51. The van der Waals surface area contributed by atoms with Gasteiger partial charge in [0.05, 0.1) is 5.52 Å². The predicted molar refractivity (Wildman–Crippen MR) is 70.3 cm³/mol. The number of aromatic amines is 1. The summed E-state index contributed by atoms with van der Waals surface area (Å²) in [4.78, 5) is 38.0. The number of nitrogens with zero attached hydrogens (tertiary/aromatic N) is 3. The first-order chi connectivity index (χ1) is 9.16. The molecule has 0 aromatic carbocycles. The SMILES string of the molecule is O=C(Nn1c(=O)[nH]c2ccsc2c1=O)c1csnn1. The maximum absolute atomic E-state index is 12.0. The van der Waals surface area contributed by atoms with E-state index >= 15 is 0 Å². The van der Waals surface area contributed by atoms with Crippen LogP contribution in [0.4, 0.5) is 0 Å². The van der Waals surface area contributed by atoms with Crippen molar-refractivity contribution in [2.75, 3.05) is 5.43 Å². The highest BCUT2D eigenvalue weighted by molar-refractivity contribution is 7.17. The number of carbonyl (C=O) groups excluding carboxylic acids is 1. The quantitative estimate of drug-likeness (QED) is 0.691. The van der Waals surface area contributed by atoms with E-state index in [0.717, 1.165) is 11.5 Å². The van der Waals surface area contributed by atoms with Gasteiger partial charge in [-0.3, -0.25) is 15.0 Å². The molecular weight excluding hydrogens is 290 g/mol. The van der Waals surface area contributed by atoms with Crippen molar-refractivity contribution in [1.29, 1.82) is 0 Å². The molecule has 0 spiro atoms. The molecular formula is C9H5N5O3S2. The first-order valence-corrected chi connectivity index (χ1v) is 6.69. The fraction of sp³-hybridized carbons (Fsp3) is 0. The monoisotopic (exact) mass is 295 g/mol. The molecule has 0 bridgehead atoms. The van der Waals surface area contributed by atoms with Gasteiger partial charge in [0.15, 0.2) is 5.69 Å². The molecule has 0 aliphatic heterocycles. The lowest BCUT2D eigenvalue weighted by Gasteiger charge is -2.04. The third-order valence-electron chi connectivity index (χ3n) is 2.31. The van der Waals surface area contributed by atoms with Gasteiger partial charge in [-0.2, -0.15) is 4.68 Å². The van der Waals surface area contributed by atoms with Gasteiger partial charge in [0.1, 0.15) is 4.70 Å². The van der Waals surface area contributed by atoms with Gasteiger partial charge >= 0.3 is 5.69 Å². The van der Waals surface area contributed by atoms with Crippen LogP contribution in [0.5, 0.6) is 0 Å². The number of H-pyrrole nitrogens is 1. The Morgan fingerprint density at radius 1 is 1.42 bits per heavy atom. The van der Waals surface area contributed by atoms with Gasteiger partial charge < -0.3 is 4.98 Å². The molecule has 3 rings (SSSR count). The molecule has 19 heavy (non-hydrogen) atoms. The average molecular weight is 295 g/mol. The minimum absolute atomic E-state index is 0.0441. The lowest BCUT2D eigenvalue weighted by atomic mass is 10.5. The standard InChI is InChI=1S/C9H5N5O3S2/c15-7(5-3-19-13-11-5)12-14-8(16)6-4(1-2-18-6)10-9(14)17/h1-3H,(H,10,17)(H,12,15). The Balaban J connectivity index is 2.08. The molecule has 2 N–H and O–H groups in total. The molecule has 0 saturated heterocycles. The van der Waals surface area contributed by atoms with Crippen LogP contribution in [0.3, 0.4) is 0 Å². The smallest absolute Gasteiger partial charge is 0.304 e. The van der Waals surface area contributed by atoms with E-state index < -0.39 is 17.2 Å². The van der Waals surface area contributed by atoms with Gasteiger partial charge in [-0.25, -0.2) is 4.79 Å². The third kappa shape index (κ3) is 1.96. The maximum atomic E-state index is 12.0. The molecule has 0 unspecified atom stereocenters. The lowest BCUT2D eigenvalue weighted by molar-refractivity contribution is 0.100. The van der Waals surface area contributed by atoms with Gasteiger partial charge in [-0.15, -0.1) is 16.4 Å². The van der Waals surface area contributed by atoms with E-state index in [1.165, 1.54) is 16.7 Å². The minimum atomic E-state index is -0.715. The molecule has 3 aromatic rings. The first kappa shape index (κ1) is 11.7. The number of amides is 1. The van der Waals surface area contributed by atoms with Crippen molar-refractivity contribution in [3.63, 3.8) is 0 Å². The molecule has 0 saturated carbocycles. The summed E-state index contributed by atoms with van der Waals surface area (Å²) in [5.74, 6) is -0.669. The van der Waals surface area contributed by atoms with Crippen molar-refractivity contribution in [1.82, 2.24) is 19.2 Å². The molecule has 10 heteroatoms. The molecule has 8 nitrogen and oxygen atoms in total. The van der Waals surface area contributed by atoms with Crippen LogP contribution in [0.25, 0.3) is 10.2 Å². The zero-order valence-electron chi connectivity index (χ0n) is 9.11. The molecule has 0 radical (unpaired) electrons. The van der Waals surface area contributed by atoms with Gasteiger partial charge in [-0.1, -0.05) is 4.49 Å². The van der Waals surface area contributed by atoms with E-state index in [1.807, 2.05) is 0 Å². The van der Waals surface area contributed by atoms with Gasteiger partial charge in [0.25, 0.3) is 11.5 Å². The van der Waals surface area contributed by atoms with Gasteiger partial charge in [0.2, 0.25) is 0 Å². The van der Waals surface area contributed by atoms with Crippen molar-refractivity contribution in [3.05, 3.63) is 43.4 Å². The zero-order chi connectivity index (χ0) is 13.4. The van der Waals surface area contributed by atoms with Crippen LogP contribution in [-0.2, 0) is 0 Å². The van der Waals surface area contributed by atoms with Gasteiger partial charge in [-0.05, 0) is 23.0 Å². The van der Waals surface area contributed by atoms with Crippen LogP contribution in [-0.4, -0.2) is 25.2 Å². The van der Waals surface area contributed by atoms with E-state index in [2.05, 4.69) is 20.0 Å². The lowest BCUT2D eigenvalue weighted by Crippen LogP contribution is -2.43. The number of aromatic nitrogens is 4. The highest BCUT2D eigenvalue weighted by atomic mass is 32.1. The molecule has 3 aromatic heterocycles.